The van der Waals surface area contributed by atoms with Gasteiger partial charge in [0.05, 0.1) is 6.10 Å². The Balaban J connectivity index is 1.43. The summed E-state index contributed by atoms with van der Waals surface area (Å²) in [5.41, 5.74) is 2.23. The van der Waals surface area contributed by atoms with E-state index in [4.69, 9.17) is 9.47 Å². The molecule has 3 saturated carbocycles. The Kier molecular flexibility index (Phi) is 6.38. The molecular weight excluding hydrogens is 374 g/mol. The molecule has 4 rings (SSSR count). The Morgan fingerprint density at radius 2 is 1.90 bits per heavy atom. The maximum atomic E-state index is 11.7. The molecule has 0 bridgehead atoms. The van der Waals surface area contributed by atoms with Crippen LogP contribution in [0.25, 0.3) is 0 Å². The molecule has 0 aromatic heterocycles. The number of esters is 1. The molecule has 0 heterocycles. The number of hydrogen-bond acceptors (Lipinski definition) is 4. The molecule has 3 unspecified atom stereocenters. The number of hydrogen-bond donors (Lipinski definition) is 0. The lowest BCUT2D eigenvalue weighted by atomic mass is 9.47. The average Bonchev–Trinajstić information content (AvgIpc) is 3.01. The highest BCUT2D eigenvalue weighted by Crippen LogP contribution is 2.65. The van der Waals surface area contributed by atoms with Crippen LogP contribution in [0.1, 0.15) is 78.6 Å². The molecule has 0 spiro atoms. The van der Waals surface area contributed by atoms with Crippen molar-refractivity contribution in [2.24, 2.45) is 28.6 Å². The van der Waals surface area contributed by atoms with Crippen LogP contribution in [0.3, 0.4) is 0 Å². The second kappa shape index (κ2) is 8.58. The van der Waals surface area contributed by atoms with Crippen molar-refractivity contribution in [3.05, 3.63) is 11.6 Å². The molecule has 0 aromatic carbocycles. The molecular formula is C26H43NO3. The summed E-state index contributed by atoms with van der Waals surface area (Å²) < 4.78 is 12.0. The van der Waals surface area contributed by atoms with E-state index >= 15 is 0 Å². The first-order chi connectivity index (χ1) is 14.2. The van der Waals surface area contributed by atoms with Crippen LogP contribution in [-0.2, 0) is 14.3 Å². The van der Waals surface area contributed by atoms with Crippen molar-refractivity contribution in [1.29, 1.82) is 0 Å². The molecule has 0 radical (unpaired) electrons. The van der Waals surface area contributed by atoms with E-state index in [0.717, 1.165) is 43.7 Å². The summed E-state index contributed by atoms with van der Waals surface area (Å²) in [6, 6.07) is 0. The molecule has 30 heavy (non-hydrogen) atoms. The maximum Gasteiger partial charge on any atom is 0.302 e. The third-order valence-corrected chi connectivity index (χ3v) is 9.37. The van der Waals surface area contributed by atoms with Gasteiger partial charge >= 0.3 is 5.97 Å². The van der Waals surface area contributed by atoms with E-state index in [0.29, 0.717) is 11.5 Å². The molecule has 3 fully saturated rings. The highest BCUT2D eigenvalue weighted by Gasteiger charge is 2.59. The summed E-state index contributed by atoms with van der Waals surface area (Å²) in [6.45, 7) is 8.51. The van der Waals surface area contributed by atoms with Crippen LogP contribution in [0.15, 0.2) is 11.6 Å². The van der Waals surface area contributed by atoms with Gasteiger partial charge in [0.25, 0.3) is 0 Å². The standard InChI is InChI=1S/C26H43NO3/c1-18(28)30-24-10-9-22-21-8-7-19-17-20(29-16-6-15-27(4)5)11-13-25(19,2)23(21)12-14-26(22,24)3/h17,20-24H,6-16H2,1-5H3/t20-,21?,22?,23?,24-,25-,26-/m0/s1. The van der Waals surface area contributed by atoms with Crippen LogP contribution in [-0.4, -0.2) is 50.3 Å². The lowest BCUT2D eigenvalue weighted by molar-refractivity contribution is -0.157. The van der Waals surface area contributed by atoms with Crippen molar-refractivity contribution < 1.29 is 14.3 Å². The molecule has 0 aromatic rings. The normalized spacial score (nSPS) is 42.9. The van der Waals surface area contributed by atoms with Crippen LogP contribution < -0.4 is 0 Å². The predicted molar refractivity (Wildman–Crippen MR) is 120 cm³/mol. The quantitative estimate of drug-likeness (QED) is 0.337. The smallest absolute Gasteiger partial charge is 0.302 e. The monoisotopic (exact) mass is 417 g/mol. The van der Waals surface area contributed by atoms with Crippen molar-refractivity contribution in [2.45, 2.75) is 90.8 Å². The van der Waals surface area contributed by atoms with Gasteiger partial charge in [0.1, 0.15) is 6.10 Å². The van der Waals surface area contributed by atoms with Crippen LogP contribution >= 0.6 is 0 Å². The fraction of sp³-hybridized carbons (Fsp3) is 0.885. The topological polar surface area (TPSA) is 38.8 Å². The number of ether oxygens (including phenoxy) is 2. The number of nitrogens with zero attached hydrogens (tertiary/aromatic N) is 1. The van der Waals surface area contributed by atoms with Gasteiger partial charge in [-0.1, -0.05) is 25.5 Å². The maximum absolute atomic E-state index is 11.7. The van der Waals surface area contributed by atoms with Crippen molar-refractivity contribution in [3.8, 4) is 0 Å². The molecule has 4 heteroatoms. The first kappa shape index (κ1) is 22.3. The average molecular weight is 418 g/mol. The molecule has 0 amide bonds. The van der Waals surface area contributed by atoms with Gasteiger partial charge in [-0.2, -0.15) is 0 Å². The molecule has 0 N–H and O–H groups in total. The number of rotatable bonds is 6. The SMILES string of the molecule is CC(=O)O[C@H]1CCC2C3CCC4=C[C@@H](OCCCN(C)C)CC[C@]4(C)C3CC[C@@]21C. The third-order valence-electron chi connectivity index (χ3n) is 9.37. The van der Waals surface area contributed by atoms with E-state index in [2.05, 4.69) is 38.9 Å². The van der Waals surface area contributed by atoms with Crippen LogP contribution in [0.5, 0.6) is 0 Å². The second-order valence-electron chi connectivity index (χ2n) is 11.3. The van der Waals surface area contributed by atoms with Crippen LogP contribution in [0.4, 0.5) is 0 Å². The van der Waals surface area contributed by atoms with E-state index in [1.807, 2.05) is 0 Å². The van der Waals surface area contributed by atoms with E-state index < -0.39 is 0 Å². The summed E-state index contributed by atoms with van der Waals surface area (Å²) in [4.78, 5) is 13.9. The molecule has 7 atom stereocenters. The molecule has 4 aliphatic rings. The zero-order valence-corrected chi connectivity index (χ0v) is 19.9. The van der Waals surface area contributed by atoms with Gasteiger partial charge in [-0.15, -0.1) is 0 Å². The Morgan fingerprint density at radius 3 is 2.63 bits per heavy atom. The fourth-order valence-electron chi connectivity index (χ4n) is 7.79. The van der Waals surface area contributed by atoms with Crippen LogP contribution in [0.2, 0.25) is 0 Å². The highest BCUT2D eigenvalue weighted by atomic mass is 16.5. The summed E-state index contributed by atoms with van der Waals surface area (Å²) in [5.74, 6) is 2.21. The fourth-order valence-corrected chi connectivity index (χ4v) is 7.79. The minimum atomic E-state index is -0.103. The van der Waals surface area contributed by atoms with E-state index in [9.17, 15) is 4.79 Å². The Hall–Kier alpha value is -0.870. The molecule has 0 aliphatic heterocycles. The molecule has 4 nitrogen and oxygen atoms in total. The lowest BCUT2D eigenvalue weighted by Crippen LogP contribution is -2.51. The van der Waals surface area contributed by atoms with Gasteiger partial charge in [0.2, 0.25) is 0 Å². The van der Waals surface area contributed by atoms with Gasteiger partial charge < -0.3 is 14.4 Å². The van der Waals surface area contributed by atoms with Crippen molar-refractivity contribution in [1.82, 2.24) is 4.90 Å². The Morgan fingerprint density at radius 1 is 1.10 bits per heavy atom. The van der Waals surface area contributed by atoms with Crippen molar-refractivity contribution in [2.75, 3.05) is 27.2 Å². The Labute approximate surface area is 183 Å². The van der Waals surface area contributed by atoms with E-state index in [1.165, 1.54) is 44.9 Å². The van der Waals surface area contributed by atoms with E-state index in [-0.39, 0.29) is 17.5 Å². The summed E-state index contributed by atoms with van der Waals surface area (Å²) in [5, 5.41) is 0. The third kappa shape index (κ3) is 3.99. The van der Waals surface area contributed by atoms with Gasteiger partial charge in [0, 0.05) is 18.9 Å². The summed E-state index contributed by atoms with van der Waals surface area (Å²) in [6.07, 6.45) is 13.9. The molecule has 170 valence electrons. The first-order valence-corrected chi connectivity index (χ1v) is 12.4. The predicted octanol–water partition coefficient (Wildman–Crippen LogP) is 5.22. The van der Waals surface area contributed by atoms with Crippen molar-refractivity contribution in [3.63, 3.8) is 0 Å². The van der Waals surface area contributed by atoms with Crippen LogP contribution in [0, 0.1) is 28.6 Å². The lowest BCUT2D eigenvalue weighted by Gasteiger charge is -2.58. The first-order valence-electron chi connectivity index (χ1n) is 12.4. The zero-order valence-electron chi connectivity index (χ0n) is 19.9. The van der Waals surface area contributed by atoms with Gasteiger partial charge in [0.15, 0.2) is 0 Å². The minimum Gasteiger partial charge on any atom is -0.462 e. The largest absolute Gasteiger partial charge is 0.462 e. The number of carbonyl (C=O) groups excluding carboxylic acids is 1. The Bertz CT molecular complexity index is 673. The molecule has 4 aliphatic carbocycles. The van der Waals surface area contributed by atoms with E-state index in [1.54, 1.807) is 12.5 Å². The van der Waals surface area contributed by atoms with Crippen molar-refractivity contribution >= 4 is 5.97 Å². The zero-order chi connectivity index (χ0) is 21.5. The second-order valence-corrected chi connectivity index (χ2v) is 11.3. The van der Waals surface area contributed by atoms with Gasteiger partial charge in [-0.3, -0.25) is 4.79 Å². The number of carbonyl (C=O) groups is 1. The summed E-state index contributed by atoms with van der Waals surface area (Å²) >= 11 is 0. The molecule has 0 saturated heterocycles. The highest BCUT2D eigenvalue weighted by molar-refractivity contribution is 5.66. The van der Waals surface area contributed by atoms with Gasteiger partial charge in [-0.25, -0.2) is 0 Å². The minimum absolute atomic E-state index is 0.103. The number of fused-ring (bicyclic) bond motifs is 5. The summed E-state index contributed by atoms with van der Waals surface area (Å²) in [7, 11) is 4.25. The number of allylic oxidation sites excluding steroid dienone is 1. The van der Waals surface area contributed by atoms with Gasteiger partial charge in [-0.05, 0) is 102 Å².